The van der Waals surface area contributed by atoms with Crippen LogP contribution >= 0.6 is 0 Å². The molecule has 4 heteroatoms. The summed E-state index contributed by atoms with van der Waals surface area (Å²) in [6, 6.07) is 17.3. The molecular formula is C17H20N2O2. The Balaban J connectivity index is 1.63. The van der Waals surface area contributed by atoms with Crippen molar-refractivity contribution in [3.8, 4) is 5.75 Å². The van der Waals surface area contributed by atoms with E-state index in [9.17, 15) is 4.79 Å². The van der Waals surface area contributed by atoms with Gasteiger partial charge >= 0.3 is 0 Å². The lowest BCUT2D eigenvalue weighted by Crippen LogP contribution is -2.30. The van der Waals surface area contributed by atoms with Crippen molar-refractivity contribution in [3.63, 3.8) is 0 Å². The molecule has 0 bridgehead atoms. The van der Waals surface area contributed by atoms with Gasteiger partial charge < -0.3 is 15.8 Å². The quantitative estimate of drug-likeness (QED) is 0.606. The van der Waals surface area contributed by atoms with Crippen molar-refractivity contribution in [2.45, 2.75) is 12.8 Å². The van der Waals surface area contributed by atoms with Crippen LogP contribution in [-0.2, 0) is 11.2 Å². The molecule has 0 saturated carbocycles. The third-order valence-corrected chi connectivity index (χ3v) is 3.08. The van der Waals surface area contributed by atoms with Gasteiger partial charge in [-0.25, -0.2) is 0 Å². The van der Waals surface area contributed by atoms with Gasteiger partial charge in [-0.2, -0.15) is 0 Å². The van der Waals surface area contributed by atoms with Gasteiger partial charge in [0.2, 0.25) is 0 Å². The van der Waals surface area contributed by atoms with Gasteiger partial charge in [0.25, 0.3) is 5.91 Å². The Bertz CT molecular complexity index is 570. The molecule has 3 N–H and O–H groups in total. The number of benzene rings is 2. The van der Waals surface area contributed by atoms with Crippen LogP contribution in [0.5, 0.6) is 5.75 Å². The Morgan fingerprint density at radius 3 is 2.52 bits per heavy atom. The number of aryl methyl sites for hydroxylation is 1. The van der Waals surface area contributed by atoms with Crippen molar-refractivity contribution in [1.29, 1.82) is 0 Å². The lowest BCUT2D eigenvalue weighted by molar-refractivity contribution is -0.123. The third-order valence-electron chi connectivity index (χ3n) is 3.08. The highest BCUT2D eigenvalue weighted by atomic mass is 16.5. The van der Waals surface area contributed by atoms with Gasteiger partial charge in [-0.1, -0.05) is 42.5 Å². The van der Waals surface area contributed by atoms with Crippen LogP contribution < -0.4 is 15.8 Å². The van der Waals surface area contributed by atoms with E-state index in [2.05, 4.69) is 17.4 Å². The van der Waals surface area contributed by atoms with E-state index < -0.39 is 0 Å². The Morgan fingerprint density at radius 1 is 1.05 bits per heavy atom. The Morgan fingerprint density at radius 2 is 1.76 bits per heavy atom. The summed E-state index contributed by atoms with van der Waals surface area (Å²) in [5.41, 5.74) is 7.55. The van der Waals surface area contributed by atoms with Crippen LogP contribution in [-0.4, -0.2) is 19.1 Å². The van der Waals surface area contributed by atoms with E-state index in [4.69, 9.17) is 10.5 Å². The van der Waals surface area contributed by atoms with Gasteiger partial charge in [-0.3, -0.25) is 4.79 Å². The molecular weight excluding hydrogens is 264 g/mol. The standard InChI is InChI=1S/C17H20N2O2/c18-15-10-4-5-11-16(15)21-13-17(20)19-12-6-9-14-7-2-1-3-8-14/h1-5,7-8,10-11H,6,9,12-13,18H2,(H,19,20). The highest BCUT2D eigenvalue weighted by Crippen LogP contribution is 2.19. The van der Waals surface area contributed by atoms with E-state index >= 15 is 0 Å². The normalized spacial score (nSPS) is 10.1. The second kappa shape index (κ2) is 7.94. The van der Waals surface area contributed by atoms with Gasteiger partial charge in [0.15, 0.2) is 6.61 Å². The number of amides is 1. The molecule has 21 heavy (non-hydrogen) atoms. The van der Waals surface area contributed by atoms with Gasteiger partial charge in [-0.05, 0) is 30.5 Å². The first-order chi connectivity index (χ1) is 10.3. The Kier molecular flexibility index (Phi) is 5.64. The van der Waals surface area contributed by atoms with Gasteiger partial charge in [0.05, 0.1) is 5.69 Å². The summed E-state index contributed by atoms with van der Waals surface area (Å²) in [6.07, 6.45) is 1.86. The minimum absolute atomic E-state index is 0.0143. The maximum Gasteiger partial charge on any atom is 0.257 e. The highest BCUT2D eigenvalue weighted by molar-refractivity contribution is 5.77. The molecule has 0 atom stereocenters. The van der Waals surface area contributed by atoms with Crippen molar-refractivity contribution in [2.75, 3.05) is 18.9 Å². The molecule has 2 aromatic carbocycles. The fourth-order valence-corrected chi connectivity index (χ4v) is 1.97. The lowest BCUT2D eigenvalue weighted by Gasteiger charge is -2.09. The molecule has 1 amide bonds. The number of carbonyl (C=O) groups excluding carboxylic acids is 1. The first-order valence-corrected chi connectivity index (χ1v) is 7.03. The van der Waals surface area contributed by atoms with Crippen LogP contribution in [0.3, 0.4) is 0 Å². The number of carbonyl (C=O) groups is 1. The summed E-state index contributed by atoms with van der Waals surface area (Å²) < 4.78 is 5.38. The number of rotatable bonds is 7. The van der Waals surface area contributed by atoms with Crippen molar-refractivity contribution >= 4 is 11.6 Å². The first-order valence-electron chi connectivity index (χ1n) is 7.03. The average molecular weight is 284 g/mol. The SMILES string of the molecule is Nc1ccccc1OCC(=O)NCCCc1ccccc1. The van der Waals surface area contributed by atoms with E-state index in [1.165, 1.54) is 5.56 Å². The van der Waals surface area contributed by atoms with Crippen molar-refractivity contribution in [2.24, 2.45) is 0 Å². The smallest absolute Gasteiger partial charge is 0.257 e. The highest BCUT2D eigenvalue weighted by Gasteiger charge is 2.04. The van der Waals surface area contributed by atoms with Crippen molar-refractivity contribution < 1.29 is 9.53 Å². The second-order valence-corrected chi connectivity index (χ2v) is 4.77. The summed E-state index contributed by atoms with van der Waals surface area (Å²) >= 11 is 0. The first kappa shape index (κ1) is 14.9. The predicted molar refractivity (Wildman–Crippen MR) is 84.1 cm³/mol. The topological polar surface area (TPSA) is 64.3 Å². The molecule has 2 rings (SSSR count). The van der Waals surface area contributed by atoms with Crippen molar-refractivity contribution in [1.82, 2.24) is 5.32 Å². The number of ether oxygens (including phenoxy) is 1. The van der Waals surface area contributed by atoms with Gasteiger partial charge in [0.1, 0.15) is 5.75 Å². The maximum absolute atomic E-state index is 11.7. The van der Waals surface area contributed by atoms with Gasteiger partial charge in [0, 0.05) is 6.54 Å². The van der Waals surface area contributed by atoms with Crippen LogP contribution in [0.15, 0.2) is 54.6 Å². The maximum atomic E-state index is 11.7. The van der Waals surface area contributed by atoms with E-state index in [0.717, 1.165) is 12.8 Å². The fraction of sp³-hybridized carbons (Fsp3) is 0.235. The van der Waals surface area contributed by atoms with Crippen LogP contribution in [0.4, 0.5) is 5.69 Å². The summed E-state index contributed by atoms with van der Waals surface area (Å²) in [7, 11) is 0. The number of anilines is 1. The van der Waals surface area contributed by atoms with Gasteiger partial charge in [-0.15, -0.1) is 0 Å². The van der Waals surface area contributed by atoms with E-state index in [0.29, 0.717) is 18.0 Å². The molecule has 0 radical (unpaired) electrons. The molecule has 4 nitrogen and oxygen atoms in total. The molecule has 0 fully saturated rings. The monoisotopic (exact) mass is 284 g/mol. The molecule has 0 heterocycles. The fourth-order valence-electron chi connectivity index (χ4n) is 1.97. The zero-order chi connectivity index (χ0) is 14.9. The van der Waals surface area contributed by atoms with Crippen LogP contribution in [0.2, 0.25) is 0 Å². The summed E-state index contributed by atoms with van der Waals surface area (Å²) in [6.45, 7) is 0.626. The number of hydrogen-bond donors (Lipinski definition) is 2. The minimum atomic E-state index is -0.133. The number of nitrogens with one attached hydrogen (secondary N) is 1. The molecule has 0 aromatic heterocycles. The molecule has 2 aromatic rings. The number of nitrogens with two attached hydrogens (primary N) is 1. The zero-order valence-corrected chi connectivity index (χ0v) is 11.9. The van der Waals surface area contributed by atoms with E-state index in [1.807, 2.05) is 30.3 Å². The third kappa shape index (κ3) is 5.18. The Hall–Kier alpha value is -2.49. The number of nitrogen functional groups attached to an aromatic ring is 1. The summed E-state index contributed by atoms with van der Waals surface area (Å²) in [4.78, 5) is 11.7. The van der Waals surface area contributed by atoms with E-state index in [1.54, 1.807) is 12.1 Å². The van der Waals surface area contributed by atoms with Crippen LogP contribution in [0.25, 0.3) is 0 Å². The van der Waals surface area contributed by atoms with Crippen LogP contribution in [0, 0.1) is 0 Å². The number of hydrogen-bond acceptors (Lipinski definition) is 3. The molecule has 0 unspecified atom stereocenters. The minimum Gasteiger partial charge on any atom is -0.482 e. The molecule has 0 saturated heterocycles. The number of para-hydroxylation sites is 2. The molecule has 0 aliphatic heterocycles. The molecule has 110 valence electrons. The van der Waals surface area contributed by atoms with Crippen LogP contribution in [0.1, 0.15) is 12.0 Å². The average Bonchev–Trinajstić information content (AvgIpc) is 2.52. The summed E-state index contributed by atoms with van der Waals surface area (Å²) in [5, 5.41) is 2.84. The second-order valence-electron chi connectivity index (χ2n) is 4.77. The van der Waals surface area contributed by atoms with E-state index in [-0.39, 0.29) is 12.5 Å². The Labute approximate surface area is 124 Å². The lowest BCUT2D eigenvalue weighted by atomic mass is 10.1. The summed E-state index contributed by atoms with van der Waals surface area (Å²) in [5.74, 6) is 0.406. The molecule has 0 aliphatic rings. The molecule has 0 spiro atoms. The zero-order valence-electron chi connectivity index (χ0n) is 11.9. The van der Waals surface area contributed by atoms with Crippen molar-refractivity contribution in [3.05, 3.63) is 60.2 Å². The molecule has 0 aliphatic carbocycles. The predicted octanol–water partition coefficient (Wildman–Crippen LogP) is 2.40. The largest absolute Gasteiger partial charge is 0.482 e.